The number of hydrogen-bond donors (Lipinski definition) is 1. The van der Waals surface area contributed by atoms with E-state index in [9.17, 15) is 9.59 Å². The van der Waals surface area contributed by atoms with Crippen LogP contribution in [0.5, 0.6) is 5.75 Å². The molecular weight excluding hydrogens is 348 g/mol. The van der Waals surface area contributed by atoms with Gasteiger partial charge in [0.15, 0.2) is 8.83 Å². The van der Waals surface area contributed by atoms with Gasteiger partial charge in [-0.3, -0.25) is 4.79 Å². The number of carbonyl (C=O) groups excluding carboxylic acids is 2. The number of amides is 1. The van der Waals surface area contributed by atoms with Crippen molar-refractivity contribution in [3.8, 4) is 5.75 Å². The molecule has 24 heavy (non-hydrogen) atoms. The first-order valence-corrected chi connectivity index (χ1v) is 8.60. The molecular formula is C16H18N2O4S2. The van der Waals surface area contributed by atoms with E-state index in [0.29, 0.717) is 32.5 Å². The van der Waals surface area contributed by atoms with E-state index in [1.165, 1.54) is 0 Å². The highest BCUT2D eigenvalue weighted by atomic mass is 32.1. The zero-order valence-electron chi connectivity index (χ0n) is 13.6. The van der Waals surface area contributed by atoms with Gasteiger partial charge in [0.05, 0.1) is 13.7 Å². The van der Waals surface area contributed by atoms with Crippen LogP contribution in [-0.2, 0) is 11.3 Å². The van der Waals surface area contributed by atoms with Crippen molar-refractivity contribution in [3.63, 3.8) is 0 Å². The van der Waals surface area contributed by atoms with Crippen LogP contribution in [0.25, 0.3) is 0 Å². The molecule has 1 amide bonds. The third-order valence-corrected chi connectivity index (χ3v) is 4.69. The molecule has 0 bridgehead atoms. The summed E-state index contributed by atoms with van der Waals surface area (Å²) in [5, 5.41) is 2.77. The SMILES string of the molecule is CCOC(=O)c1sc(=S)n(CC)c1NC(=O)c1ccc(OC)cc1. The molecule has 128 valence electrons. The highest BCUT2D eigenvalue weighted by molar-refractivity contribution is 7.73. The minimum absolute atomic E-state index is 0.251. The summed E-state index contributed by atoms with van der Waals surface area (Å²) in [5.74, 6) is 0.196. The molecule has 1 aromatic carbocycles. The van der Waals surface area contributed by atoms with Crippen molar-refractivity contribution >= 4 is 41.2 Å². The fourth-order valence-corrected chi connectivity index (χ4v) is 3.45. The molecule has 1 heterocycles. The molecule has 0 aliphatic rings. The number of methoxy groups -OCH3 is 1. The highest BCUT2D eigenvalue weighted by Gasteiger charge is 2.22. The Balaban J connectivity index is 2.34. The molecule has 2 aromatic rings. The summed E-state index contributed by atoms with van der Waals surface area (Å²) in [6, 6.07) is 6.69. The fourth-order valence-electron chi connectivity index (χ4n) is 2.07. The Morgan fingerprint density at radius 1 is 1.25 bits per heavy atom. The van der Waals surface area contributed by atoms with Gasteiger partial charge in [0.25, 0.3) is 5.91 Å². The van der Waals surface area contributed by atoms with Gasteiger partial charge >= 0.3 is 5.97 Å². The fraction of sp³-hybridized carbons (Fsp3) is 0.312. The lowest BCUT2D eigenvalue weighted by Gasteiger charge is -2.10. The van der Waals surface area contributed by atoms with Crippen LogP contribution < -0.4 is 10.1 Å². The first-order chi connectivity index (χ1) is 11.5. The number of anilines is 1. The largest absolute Gasteiger partial charge is 0.497 e. The Morgan fingerprint density at radius 2 is 1.92 bits per heavy atom. The number of carbonyl (C=O) groups is 2. The zero-order valence-corrected chi connectivity index (χ0v) is 15.3. The second kappa shape index (κ2) is 8.07. The van der Waals surface area contributed by atoms with Gasteiger partial charge in [0.2, 0.25) is 0 Å². The number of benzene rings is 1. The van der Waals surface area contributed by atoms with E-state index in [0.717, 1.165) is 11.3 Å². The third kappa shape index (κ3) is 3.82. The standard InChI is InChI=1S/C16H18N2O4S2/c1-4-18-13(12(24-16(18)23)15(20)22-5-2)17-14(19)10-6-8-11(21-3)9-7-10/h6-9H,4-5H2,1-3H3,(H,17,19). The van der Waals surface area contributed by atoms with E-state index in [1.54, 1.807) is 42.9 Å². The molecule has 0 radical (unpaired) electrons. The van der Waals surface area contributed by atoms with Gasteiger partial charge in [-0.05, 0) is 50.3 Å². The lowest BCUT2D eigenvalue weighted by molar-refractivity contribution is 0.0532. The van der Waals surface area contributed by atoms with Gasteiger partial charge in [0, 0.05) is 12.1 Å². The van der Waals surface area contributed by atoms with Crippen LogP contribution in [0.1, 0.15) is 33.9 Å². The predicted molar refractivity (Wildman–Crippen MR) is 95.7 cm³/mol. The molecule has 0 saturated heterocycles. The Kier molecular flexibility index (Phi) is 6.10. The van der Waals surface area contributed by atoms with Crippen LogP contribution in [0, 0.1) is 3.95 Å². The van der Waals surface area contributed by atoms with Gasteiger partial charge < -0.3 is 19.4 Å². The monoisotopic (exact) mass is 366 g/mol. The van der Waals surface area contributed by atoms with E-state index in [-0.39, 0.29) is 12.5 Å². The molecule has 0 unspecified atom stereocenters. The van der Waals surface area contributed by atoms with E-state index >= 15 is 0 Å². The lowest BCUT2D eigenvalue weighted by atomic mass is 10.2. The number of aromatic nitrogens is 1. The normalized spacial score (nSPS) is 10.3. The summed E-state index contributed by atoms with van der Waals surface area (Å²) in [6.07, 6.45) is 0. The van der Waals surface area contributed by atoms with Gasteiger partial charge in [-0.15, -0.1) is 0 Å². The van der Waals surface area contributed by atoms with Crippen molar-refractivity contribution in [2.45, 2.75) is 20.4 Å². The average molecular weight is 366 g/mol. The Bertz CT molecular complexity index is 793. The van der Waals surface area contributed by atoms with Gasteiger partial charge in [-0.1, -0.05) is 11.3 Å². The summed E-state index contributed by atoms with van der Waals surface area (Å²) >= 11 is 6.40. The second-order valence-corrected chi connectivity index (χ2v) is 6.34. The highest BCUT2D eigenvalue weighted by Crippen LogP contribution is 2.26. The smallest absolute Gasteiger partial charge is 0.352 e. The van der Waals surface area contributed by atoms with Gasteiger partial charge in [-0.25, -0.2) is 4.79 Å². The molecule has 2 rings (SSSR count). The topological polar surface area (TPSA) is 69.6 Å². The van der Waals surface area contributed by atoms with Crippen molar-refractivity contribution < 1.29 is 19.1 Å². The van der Waals surface area contributed by atoms with Crippen molar-refractivity contribution in [1.82, 2.24) is 4.57 Å². The third-order valence-electron chi connectivity index (χ3n) is 3.26. The first kappa shape index (κ1) is 18.2. The van der Waals surface area contributed by atoms with Crippen LogP contribution in [0.3, 0.4) is 0 Å². The molecule has 6 nitrogen and oxygen atoms in total. The van der Waals surface area contributed by atoms with Crippen molar-refractivity contribution in [2.75, 3.05) is 19.0 Å². The molecule has 0 fully saturated rings. The lowest BCUT2D eigenvalue weighted by Crippen LogP contribution is -2.18. The first-order valence-electron chi connectivity index (χ1n) is 7.37. The maximum atomic E-state index is 12.5. The maximum Gasteiger partial charge on any atom is 0.352 e. The molecule has 0 saturated carbocycles. The van der Waals surface area contributed by atoms with E-state index in [4.69, 9.17) is 21.7 Å². The minimum atomic E-state index is -0.495. The number of ether oxygens (including phenoxy) is 2. The number of rotatable bonds is 6. The molecule has 1 aromatic heterocycles. The molecule has 0 aliphatic carbocycles. The Hall–Kier alpha value is -2.19. The van der Waals surface area contributed by atoms with E-state index in [2.05, 4.69) is 5.32 Å². The van der Waals surface area contributed by atoms with Gasteiger partial charge in [0.1, 0.15) is 11.6 Å². The van der Waals surface area contributed by atoms with Crippen LogP contribution in [0.4, 0.5) is 5.82 Å². The van der Waals surface area contributed by atoms with Crippen LogP contribution in [-0.4, -0.2) is 30.2 Å². The molecule has 0 spiro atoms. The molecule has 1 N–H and O–H groups in total. The number of nitrogens with one attached hydrogen (secondary N) is 1. The van der Waals surface area contributed by atoms with Crippen LogP contribution in [0.2, 0.25) is 0 Å². The average Bonchev–Trinajstić information content (AvgIpc) is 2.90. The summed E-state index contributed by atoms with van der Waals surface area (Å²) in [6.45, 7) is 4.40. The van der Waals surface area contributed by atoms with Crippen molar-refractivity contribution in [2.24, 2.45) is 0 Å². The Morgan fingerprint density at radius 3 is 2.46 bits per heavy atom. The number of hydrogen-bond acceptors (Lipinski definition) is 6. The quantitative estimate of drug-likeness (QED) is 0.623. The number of nitrogens with zero attached hydrogens (tertiary/aromatic N) is 1. The Labute approximate surface area is 149 Å². The maximum absolute atomic E-state index is 12.5. The molecule has 8 heteroatoms. The number of thiazole rings is 1. The summed E-state index contributed by atoms with van der Waals surface area (Å²) in [4.78, 5) is 24.9. The van der Waals surface area contributed by atoms with Crippen LogP contribution in [0.15, 0.2) is 24.3 Å². The van der Waals surface area contributed by atoms with E-state index < -0.39 is 5.97 Å². The van der Waals surface area contributed by atoms with Crippen molar-refractivity contribution in [3.05, 3.63) is 38.7 Å². The molecule has 0 atom stereocenters. The minimum Gasteiger partial charge on any atom is -0.497 e. The van der Waals surface area contributed by atoms with Crippen molar-refractivity contribution in [1.29, 1.82) is 0 Å². The molecule has 0 aliphatic heterocycles. The van der Waals surface area contributed by atoms with Crippen LogP contribution >= 0.6 is 23.6 Å². The summed E-state index contributed by atoms with van der Waals surface area (Å²) in [7, 11) is 1.56. The van der Waals surface area contributed by atoms with E-state index in [1.807, 2.05) is 6.92 Å². The zero-order chi connectivity index (χ0) is 17.7. The second-order valence-electron chi connectivity index (χ2n) is 4.69. The predicted octanol–water partition coefficient (Wildman–Crippen LogP) is 3.74. The summed E-state index contributed by atoms with van der Waals surface area (Å²) in [5.41, 5.74) is 0.449. The summed E-state index contributed by atoms with van der Waals surface area (Å²) < 4.78 is 12.3. The van der Waals surface area contributed by atoms with Gasteiger partial charge in [-0.2, -0.15) is 0 Å². The number of esters is 1.